The molecule has 4 aliphatic heterocycles. The van der Waals surface area contributed by atoms with E-state index in [-0.39, 0.29) is 6.61 Å². The van der Waals surface area contributed by atoms with Gasteiger partial charge in [-0.3, -0.25) is 4.79 Å². The molecule has 4 heterocycles. The van der Waals surface area contributed by atoms with Crippen LogP contribution in [0.1, 0.15) is 48.5 Å². The van der Waals surface area contributed by atoms with E-state index >= 15 is 0 Å². The van der Waals surface area contributed by atoms with Gasteiger partial charge < -0.3 is 78.4 Å². The number of aliphatic hydroxyl groups is 6. The van der Waals surface area contributed by atoms with Crippen LogP contribution in [0.2, 0.25) is 0 Å². The molecule has 20 atom stereocenters. The van der Waals surface area contributed by atoms with E-state index in [4.69, 9.17) is 43.4 Å². The van der Waals surface area contributed by atoms with Gasteiger partial charge in [0.05, 0.1) is 49.8 Å². The van der Waals surface area contributed by atoms with Crippen molar-refractivity contribution in [3.05, 3.63) is 40.5 Å². The summed E-state index contributed by atoms with van der Waals surface area (Å²) in [6.07, 6.45) is -18.4. The van der Waals surface area contributed by atoms with Crippen LogP contribution in [0.4, 0.5) is 0 Å². The number of ketones is 1. The summed E-state index contributed by atoms with van der Waals surface area (Å²) in [5, 5.41) is 106. The molecule has 362 valence electrons. The zero-order chi connectivity index (χ0) is 48.0. The Hall–Kier alpha value is -4.52. The van der Waals surface area contributed by atoms with Gasteiger partial charge >= 0.3 is 0 Å². The average Bonchev–Trinajstić information content (AvgIpc) is 3.21. The molecule has 4 aliphatic rings. The minimum Gasteiger partial charge on any atom is -0.394 e. The Kier molecular flexibility index (Phi) is 21.8. The highest BCUT2D eigenvalue weighted by Gasteiger charge is 2.52. The Morgan fingerprint density at radius 2 is 1.03 bits per heavy atom. The molecule has 0 amide bonds. The molecule has 0 aromatic rings. The summed E-state index contributed by atoms with van der Waals surface area (Å²) < 4.78 is 33.5. The molecular weight excluding hydrogens is 866 g/mol. The molecule has 0 aliphatic carbocycles. The molecule has 8 unspecified atom stereocenters. The molecule has 0 bridgehead atoms. The van der Waals surface area contributed by atoms with Gasteiger partial charge in [-0.05, 0) is 25.7 Å². The van der Waals surface area contributed by atoms with Gasteiger partial charge in [0.25, 0.3) is 20.3 Å². The van der Waals surface area contributed by atoms with Crippen LogP contribution in [0, 0.1) is 75.5 Å². The Labute approximate surface area is 357 Å². The van der Waals surface area contributed by atoms with E-state index in [0.717, 1.165) is 0 Å². The third-order valence-electron chi connectivity index (χ3n) is 11.0. The van der Waals surface area contributed by atoms with Crippen LogP contribution < -0.4 is 0 Å². The minimum absolute atomic E-state index is 0.377. The van der Waals surface area contributed by atoms with E-state index in [0.29, 0.717) is 0 Å². The molecule has 0 aromatic carbocycles. The quantitative estimate of drug-likeness (QED) is 0.0525. The standard InChI is InChI=1S/C16H26N4O15.C14H26O9.C3H3NO/c1-7-8(2)15(35-20(27)28)16(32-11(7)5-29-17(21)22)33-14-9(3)13(34-19(25)26)10(4)31-12(14)6-30-18(23)24;1-5-7(3-15)22-14(12(20)9(5)17)23-13-8(4-16)21-6(2)10(18)11(13)19;1-3(5)2-4/h7-16H,5-6H2,1-4H3;5-20H,3-4H2,1-2H3;1H3/t7-,8-,9+,10-,11?,12?,13?,14-,15?,16-;5-,6+,7?,8?,9+,10?,11-,12?,13-,14+;/m01./s1. The van der Waals surface area contributed by atoms with E-state index in [2.05, 4.69) is 9.68 Å². The van der Waals surface area contributed by atoms with Crippen molar-refractivity contribution in [1.29, 1.82) is 5.26 Å². The third kappa shape index (κ3) is 15.3. The molecule has 63 heavy (non-hydrogen) atoms. The molecule has 4 fully saturated rings. The van der Waals surface area contributed by atoms with Crippen molar-refractivity contribution >= 4 is 5.78 Å². The molecular formula is C33H55N5O25. The Bertz CT molecular complexity index is 1540. The summed E-state index contributed by atoms with van der Waals surface area (Å²) in [4.78, 5) is 71.1. The number of ether oxygens (including phenoxy) is 6. The molecule has 4 saturated heterocycles. The maximum absolute atomic E-state index is 11.1. The number of aliphatic hydroxyl groups excluding tert-OH is 6. The van der Waals surface area contributed by atoms with Crippen LogP contribution in [0.5, 0.6) is 0 Å². The normalized spacial score (nSPS) is 39.9. The number of carbonyl (C=O) groups is 1. The van der Waals surface area contributed by atoms with Crippen molar-refractivity contribution in [2.75, 3.05) is 26.4 Å². The monoisotopic (exact) mass is 921 g/mol. The minimum atomic E-state index is -1.54. The zero-order valence-electron chi connectivity index (χ0n) is 35.1. The molecule has 30 nitrogen and oxygen atoms in total. The summed E-state index contributed by atoms with van der Waals surface area (Å²) in [7, 11) is 0. The number of hydrogen-bond acceptors (Lipinski definition) is 26. The van der Waals surface area contributed by atoms with Crippen LogP contribution in [-0.2, 0) is 52.6 Å². The topological polar surface area (TPSA) is 427 Å². The van der Waals surface area contributed by atoms with Gasteiger partial charge in [0.2, 0.25) is 5.78 Å². The van der Waals surface area contributed by atoms with E-state index in [9.17, 15) is 75.9 Å². The lowest BCUT2D eigenvalue weighted by Crippen LogP contribution is -2.62. The van der Waals surface area contributed by atoms with Gasteiger partial charge in [0.15, 0.2) is 18.7 Å². The van der Waals surface area contributed by atoms with Gasteiger partial charge in [-0.15, -0.1) is 40.5 Å². The summed E-state index contributed by atoms with van der Waals surface area (Å²) in [6, 6.07) is 1.39. The van der Waals surface area contributed by atoms with E-state index in [1.807, 2.05) is 0 Å². The Morgan fingerprint density at radius 3 is 1.52 bits per heavy atom. The first-order valence-corrected chi connectivity index (χ1v) is 19.3. The molecule has 4 rings (SSSR count). The molecule has 0 aromatic heterocycles. The highest BCUT2D eigenvalue weighted by atomic mass is 17.0. The smallest absolute Gasteiger partial charge is 0.294 e. The first-order chi connectivity index (χ1) is 29.4. The number of hydrogen-bond donors (Lipinski definition) is 6. The Balaban J connectivity index is 0.000000417. The van der Waals surface area contributed by atoms with Crippen molar-refractivity contribution in [2.24, 2.45) is 23.7 Å². The van der Waals surface area contributed by atoms with Gasteiger partial charge in [0.1, 0.15) is 62.0 Å². The lowest BCUT2D eigenvalue weighted by molar-refractivity contribution is -0.779. The lowest BCUT2D eigenvalue weighted by atomic mass is 9.83. The van der Waals surface area contributed by atoms with Crippen LogP contribution in [0.3, 0.4) is 0 Å². The van der Waals surface area contributed by atoms with E-state index in [1.165, 1.54) is 26.8 Å². The fraction of sp³-hybridized carbons (Fsp3) is 0.939. The molecule has 0 radical (unpaired) electrons. The maximum atomic E-state index is 11.1. The van der Waals surface area contributed by atoms with Crippen LogP contribution in [0.15, 0.2) is 0 Å². The van der Waals surface area contributed by atoms with Gasteiger partial charge in [-0.25, -0.2) is 0 Å². The molecule has 6 N–H and O–H groups in total. The number of nitriles is 1. The number of rotatable bonds is 16. The maximum Gasteiger partial charge on any atom is 0.294 e. The second kappa shape index (κ2) is 25.1. The first kappa shape index (κ1) is 54.6. The summed E-state index contributed by atoms with van der Waals surface area (Å²) in [5.41, 5.74) is 0. The number of nitrogens with zero attached hydrogens (tertiary/aromatic N) is 5. The highest BCUT2D eigenvalue weighted by Crippen LogP contribution is 2.38. The zero-order valence-corrected chi connectivity index (χ0v) is 35.1. The van der Waals surface area contributed by atoms with Crippen molar-refractivity contribution in [2.45, 2.75) is 147 Å². The average molecular weight is 922 g/mol. The second-order valence-electron chi connectivity index (χ2n) is 15.1. The predicted molar refractivity (Wildman–Crippen MR) is 197 cm³/mol. The van der Waals surface area contributed by atoms with Crippen molar-refractivity contribution in [3.8, 4) is 6.07 Å². The first-order valence-electron chi connectivity index (χ1n) is 19.3. The van der Waals surface area contributed by atoms with E-state index in [1.54, 1.807) is 27.7 Å². The van der Waals surface area contributed by atoms with E-state index < -0.39 is 168 Å². The summed E-state index contributed by atoms with van der Waals surface area (Å²) in [5.74, 6) is -2.96. The Morgan fingerprint density at radius 1 is 0.556 bits per heavy atom. The SMILES string of the molecule is CC(=O)C#N.C[C@@H]1OC(CO)[C@@H](O[C@@H]2OC(CO)[C@@H](C)[C@H](O)C2O)[C@H](O)C1O.C[C@@H]1OC(CO[N+](=O)[O-])[C@@H](O[C@@H]2OC(CO[N+](=O)[O-])[C@@H](C)[C@H](C)C2O[N+](=O)[O-])[C@H](C)C1O[N+](=O)[O-]. The van der Waals surface area contributed by atoms with Crippen molar-refractivity contribution in [1.82, 2.24) is 0 Å². The number of carbonyl (C=O) groups excluding carboxylic acids is 1. The van der Waals surface area contributed by atoms with Crippen LogP contribution in [0.25, 0.3) is 0 Å². The van der Waals surface area contributed by atoms with Gasteiger partial charge in [0, 0.05) is 18.8 Å². The summed E-state index contributed by atoms with van der Waals surface area (Å²) >= 11 is 0. The van der Waals surface area contributed by atoms with Crippen molar-refractivity contribution < 1.29 is 104 Å². The molecule has 0 spiro atoms. The molecule has 0 saturated carbocycles. The second-order valence-corrected chi connectivity index (χ2v) is 15.1. The van der Waals surface area contributed by atoms with Gasteiger partial charge in [-0.2, -0.15) is 5.26 Å². The molecule has 30 heteroatoms. The largest absolute Gasteiger partial charge is 0.394 e. The fourth-order valence-corrected chi connectivity index (χ4v) is 7.22. The van der Waals surface area contributed by atoms with Crippen LogP contribution >= 0.6 is 0 Å². The number of Topliss-reactive ketones (excluding diaryl/α,β-unsaturated/α-hetero) is 1. The van der Waals surface area contributed by atoms with Crippen LogP contribution in [-0.4, -0.2) is 181 Å². The summed E-state index contributed by atoms with van der Waals surface area (Å²) in [6.45, 7) is 8.52. The van der Waals surface area contributed by atoms with Crippen molar-refractivity contribution in [3.63, 3.8) is 0 Å². The predicted octanol–water partition coefficient (Wildman–Crippen LogP) is -2.59. The fourth-order valence-electron chi connectivity index (χ4n) is 7.22. The highest BCUT2D eigenvalue weighted by molar-refractivity contribution is 5.90. The third-order valence-corrected chi connectivity index (χ3v) is 11.0. The lowest BCUT2D eigenvalue weighted by Gasteiger charge is -2.48. The van der Waals surface area contributed by atoms with Gasteiger partial charge in [-0.1, -0.05) is 27.7 Å².